The van der Waals surface area contributed by atoms with Crippen LogP contribution < -0.4 is 5.14 Å². The van der Waals surface area contributed by atoms with Crippen molar-refractivity contribution < 1.29 is 8.42 Å². The fraction of sp³-hybridized carbons (Fsp3) is 1.00. The van der Waals surface area contributed by atoms with Crippen molar-refractivity contribution in [1.29, 1.82) is 0 Å². The third-order valence-electron chi connectivity index (χ3n) is 2.61. The highest BCUT2D eigenvalue weighted by Crippen LogP contribution is 2.52. The zero-order valence-electron chi connectivity index (χ0n) is 7.00. The van der Waals surface area contributed by atoms with E-state index in [-0.39, 0.29) is 11.2 Å². The molecule has 11 heavy (non-hydrogen) atoms. The van der Waals surface area contributed by atoms with Gasteiger partial charge in [-0.1, -0.05) is 13.8 Å². The van der Waals surface area contributed by atoms with E-state index in [1.54, 1.807) is 0 Å². The average Bonchev–Trinajstić information content (AvgIpc) is 2.43. The van der Waals surface area contributed by atoms with Gasteiger partial charge in [0.15, 0.2) is 0 Å². The second kappa shape index (κ2) is 2.45. The van der Waals surface area contributed by atoms with Crippen LogP contribution in [0.3, 0.4) is 0 Å². The maximum atomic E-state index is 10.8. The van der Waals surface area contributed by atoms with Crippen LogP contribution >= 0.6 is 0 Å². The van der Waals surface area contributed by atoms with Gasteiger partial charge in [0.1, 0.15) is 0 Å². The molecule has 2 N–H and O–H groups in total. The summed E-state index contributed by atoms with van der Waals surface area (Å²) < 4.78 is 21.5. The molecule has 0 amide bonds. The Labute approximate surface area is 68.0 Å². The summed E-state index contributed by atoms with van der Waals surface area (Å²) >= 11 is 0. The quantitative estimate of drug-likeness (QED) is 0.690. The summed E-state index contributed by atoms with van der Waals surface area (Å²) in [6, 6.07) is 0. The molecule has 0 aromatic carbocycles. The molecular formula is C7H15NO2S. The van der Waals surface area contributed by atoms with Crippen LogP contribution in [0.25, 0.3) is 0 Å². The van der Waals surface area contributed by atoms with Gasteiger partial charge in [0, 0.05) is 0 Å². The van der Waals surface area contributed by atoms with Crippen molar-refractivity contribution in [2.24, 2.45) is 16.5 Å². The van der Waals surface area contributed by atoms with Crippen molar-refractivity contribution in [3.05, 3.63) is 0 Å². The van der Waals surface area contributed by atoms with E-state index in [2.05, 4.69) is 13.8 Å². The van der Waals surface area contributed by atoms with Crippen molar-refractivity contribution in [1.82, 2.24) is 0 Å². The zero-order chi connectivity index (χ0) is 8.70. The summed E-state index contributed by atoms with van der Waals surface area (Å²) in [4.78, 5) is 0. The van der Waals surface area contributed by atoms with Gasteiger partial charge in [0.25, 0.3) is 0 Å². The fourth-order valence-electron chi connectivity index (χ4n) is 1.45. The summed E-state index contributed by atoms with van der Waals surface area (Å²) in [6.07, 6.45) is 2.03. The Balaban J connectivity index is 2.63. The molecule has 0 radical (unpaired) electrons. The number of hydrogen-bond acceptors (Lipinski definition) is 2. The highest BCUT2D eigenvalue weighted by atomic mass is 32.2. The van der Waals surface area contributed by atoms with E-state index in [0.717, 1.165) is 12.8 Å². The Kier molecular flexibility index (Phi) is 2.01. The lowest BCUT2D eigenvalue weighted by Gasteiger charge is -2.17. The predicted molar refractivity (Wildman–Crippen MR) is 44.5 cm³/mol. The molecule has 66 valence electrons. The minimum Gasteiger partial charge on any atom is -0.229 e. The highest BCUT2D eigenvalue weighted by molar-refractivity contribution is 7.89. The van der Waals surface area contributed by atoms with E-state index < -0.39 is 10.0 Å². The summed E-state index contributed by atoms with van der Waals surface area (Å²) in [5, 5.41) is 4.97. The smallest absolute Gasteiger partial charge is 0.209 e. The van der Waals surface area contributed by atoms with Crippen LogP contribution in [0.1, 0.15) is 26.7 Å². The molecule has 0 atom stereocenters. The Morgan fingerprint density at radius 2 is 1.91 bits per heavy atom. The first-order valence-electron chi connectivity index (χ1n) is 3.86. The van der Waals surface area contributed by atoms with Gasteiger partial charge in [0.2, 0.25) is 10.0 Å². The number of primary sulfonamides is 1. The number of rotatable bonds is 3. The van der Waals surface area contributed by atoms with E-state index in [0.29, 0.717) is 5.92 Å². The van der Waals surface area contributed by atoms with Crippen molar-refractivity contribution in [2.75, 3.05) is 5.75 Å². The lowest BCUT2D eigenvalue weighted by atomic mass is 9.95. The van der Waals surface area contributed by atoms with Crippen molar-refractivity contribution >= 4 is 10.0 Å². The molecule has 4 heteroatoms. The van der Waals surface area contributed by atoms with E-state index in [4.69, 9.17) is 5.14 Å². The van der Waals surface area contributed by atoms with E-state index in [1.807, 2.05) is 0 Å². The molecule has 0 saturated heterocycles. The third kappa shape index (κ3) is 2.17. The molecule has 0 spiro atoms. The lowest BCUT2D eigenvalue weighted by Crippen LogP contribution is -2.27. The van der Waals surface area contributed by atoms with Gasteiger partial charge in [-0.2, -0.15) is 0 Å². The van der Waals surface area contributed by atoms with Crippen molar-refractivity contribution in [3.63, 3.8) is 0 Å². The second-order valence-electron chi connectivity index (χ2n) is 3.82. The zero-order valence-corrected chi connectivity index (χ0v) is 7.82. The van der Waals surface area contributed by atoms with Gasteiger partial charge in [0.05, 0.1) is 5.75 Å². The van der Waals surface area contributed by atoms with Crippen LogP contribution in [0.4, 0.5) is 0 Å². The Morgan fingerprint density at radius 1 is 1.45 bits per heavy atom. The molecule has 1 saturated carbocycles. The predicted octanol–water partition coefficient (Wildman–Crippen LogP) is 0.711. The van der Waals surface area contributed by atoms with Crippen LogP contribution in [0.5, 0.6) is 0 Å². The molecular weight excluding hydrogens is 162 g/mol. The second-order valence-corrected chi connectivity index (χ2v) is 5.44. The monoisotopic (exact) mass is 177 g/mol. The third-order valence-corrected chi connectivity index (χ3v) is 3.58. The van der Waals surface area contributed by atoms with Crippen molar-refractivity contribution in [3.8, 4) is 0 Å². The maximum absolute atomic E-state index is 10.8. The van der Waals surface area contributed by atoms with Gasteiger partial charge in [-0.3, -0.25) is 0 Å². The summed E-state index contributed by atoms with van der Waals surface area (Å²) in [6.45, 7) is 4.11. The van der Waals surface area contributed by atoms with Crippen molar-refractivity contribution in [2.45, 2.75) is 26.7 Å². The first-order valence-corrected chi connectivity index (χ1v) is 5.58. The van der Waals surface area contributed by atoms with Crippen LogP contribution in [0, 0.1) is 11.3 Å². The lowest BCUT2D eigenvalue weighted by molar-refractivity contribution is 0.396. The topological polar surface area (TPSA) is 60.2 Å². The van der Waals surface area contributed by atoms with Crippen LogP contribution in [0.2, 0.25) is 0 Å². The molecule has 0 aliphatic heterocycles. The molecule has 0 aromatic heterocycles. The Hall–Kier alpha value is -0.0900. The van der Waals surface area contributed by atoms with Crippen LogP contribution in [-0.2, 0) is 10.0 Å². The number of sulfonamides is 1. The van der Waals surface area contributed by atoms with Crippen LogP contribution in [0.15, 0.2) is 0 Å². The molecule has 0 aromatic rings. The summed E-state index contributed by atoms with van der Waals surface area (Å²) in [5.74, 6) is 0.596. The Bertz CT molecular complexity index is 239. The number of hydrogen-bond donors (Lipinski definition) is 1. The molecule has 1 aliphatic carbocycles. The average molecular weight is 177 g/mol. The van der Waals surface area contributed by atoms with E-state index >= 15 is 0 Å². The first-order chi connectivity index (χ1) is 4.86. The van der Waals surface area contributed by atoms with Gasteiger partial charge >= 0.3 is 0 Å². The van der Waals surface area contributed by atoms with Gasteiger partial charge < -0.3 is 0 Å². The summed E-state index contributed by atoms with van der Waals surface area (Å²) in [7, 11) is -3.26. The SMILES string of the molecule is CC(C)C1(CS(N)(=O)=O)CC1. The first kappa shape index (κ1) is 9.00. The maximum Gasteiger partial charge on any atom is 0.209 e. The molecule has 0 bridgehead atoms. The summed E-state index contributed by atoms with van der Waals surface area (Å²) in [5.41, 5.74) is 0.0214. The highest BCUT2D eigenvalue weighted by Gasteiger charge is 2.47. The van der Waals surface area contributed by atoms with E-state index in [9.17, 15) is 8.42 Å². The molecule has 0 heterocycles. The molecule has 1 aliphatic rings. The molecule has 1 fully saturated rings. The van der Waals surface area contributed by atoms with Crippen LogP contribution in [-0.4, -0.2) is 14.2 Å². The fourth-order valence-corrected chi connectivity index (χ4v) is 2.87. The minimum absolute atomic E-state index is 0.0214. The number of nitrogens with two attached hydrogens (primary N) is 1. The minimum atomic E-state index is -3.26. The van der Waals surface area contributed by atoms with E-state index in [1.165, 1.54) is 0 Å². The molecule has 0 unspecified atom stereocenters. The van der Waals surface area contributed by atoms with Gasteiger partial charge in [-0.05, 0) is 24.2 Å². The normalized spacial score (nSPS) is 22.2. The standard InChI is InChI=1S/C7H15NO2S/c1-6(2)7(3-4-7)5-11(8,9)10/h6H,3-5H2,1-2H3,(H2,8,9,10). The largest absolute Gasteiger partial charge is 0.229 e. The molecule has 1 rings (SSSR count). The Morgan fingerprint density at radius 3 is 2.00 bits per heavy atom. The van der Waals surface area contributed by atoms with Gasteiger partial charge in [-0.15, -0.1) is 0 Å². The van der Waals surface area contributed by atoms with Gasteiger partial charge in [-0.25, -0.2) is 13.6 Å². The molecule has 3 nitrogen and oxygen atoms in total.